The van der Waals surface area contributed by atoms with Gasteiger partial charge in [-0.1, -0.05) is 12.1 Å². The lowest BCUT2D eigenvalue weighted by Crippen LogP contribution is -2.38. The molecule has 0 spiro atoms. The summed E-state index contributed by atoms with van der Waals surface area (Å²) < 4.78 is 20.8. The number of urea groups is 1. The molecule has 1 fully saturated rings. The van der Waals surface area contributed by atoms with Crippen LogP contribution in [0.3, 0.4) is 0 Å². The fourth-order valence-electron chi connectivity index (χ4n) is 4.29. The minimum atomic E-state index is -0.312. The number of hydrogen-bond acceptors (Lipinski definition) is 4. The highest BCUT2D eigenvalue weighted by atomic mass is 19.1. The standard InChI is InChI=1S/C25H24FN5O2/c1-33-21-9-7-18(8-10-21)23-29-22-6-3-12-27-24(22)31(23)20-11-13-30(16-20)25(32)28-15-17-4-2-5-19(26)14-17/h2-10,12,14,20H,11,13,15-16H2,1H3,(H,28,32)/t20-/m0/s1. The SMILES string of the molecule is COc1ccc(-c2nc3cccnc3n2[C@H]2CCN(C(=O)NCc3cccc(F)c3)C2)cc1. The van der Waals surface area contributed by atoms with Crippen LogP contribution >= 0.6 is 0 Å². The zero-order valence-electron chi connectivity index (χ0n) is 18.2. The Morgan fingerprint density at radius 3 is 2.82 bits per heavy atom. The second-order valence-corrected chi connectivity index (χ2v) is 8.06. The van der Waals surface area contributed by atoms with Crippen LogP contribution in [-0.2, 0) is 6.54 Å². The number of fused-ring (bicyclic) bond motifs is 1. The van der Waals surface area contributed by atoms with Gasteiger partial charge in [0.2, 0.25) is 0 Å². The van der Waals surface area contributed by atoms with Crippen molar-refractivity contribution in [2.75, 3.05) is 20.2 Å². The van der Waals surface area contributed by atoms with Crippen molar-refractivity contribution in [2.24, 2.45) is 0 Å². The molecule has 0 aliphatic carbocycles. The minimum Gasteiger partial charge on any atom is -0.497 e. The van der Waals surface area contributed by atoms with Crippen molar-refractivity contribution in [3.05, 3.63) is 78.2 Å². The first kappa shape index (κ1) is 20.9. The molecule has 2 amide bonds. The Morgan fingerprint density at radius 1 is 1.18 bits per heavy atom. The van der Waals surface area contributed by atoms with Crippen molar-refractivity contribution >= 4 is 17.2 Å². The number of nitrogens with one attached hydrogen (secondary N) is 1. The highest BCUT2D eigenvalue weighted by Crippen LogP contribution is 2.32. The number of ether oxygens (including phenoxy) is 1. The van der Waals surface area contributed by atoms with Gasteiger partial charge in [0, 0.05) is 31.4 Å². The van der Waals surface area contributed by atoms with Crippen LogP contribution in [0.5, 0.6) is 5.75 Å². The number of imidazole rings is 1. The van der Waals surface area contributed by atoms with Crippen molar-refractivity contribution in [1.82, 2.24) is 24.8 Å². The number of hydrogen-bond donors (Lipinski definition) is 1. The van der Waals surface area contributed by atoms with Gasteiger partial charge in [-0.2, -0.15) is 0 Å². The first-order chi connectivity index (χ1) is 16.1. The fraction of sp³-hybridized carbons (Fsp3) is 0.240. The van der Waals surface area contributed by atoms with Crippen molar-refractivity contribution in [3.63, 3.8) is 0 Å². The molecule has 2 aromatic heterocycles. The number of nitrogens with zero attached hydrogens (tertiary/aromatic N) is 4. The third-order valence-corrected chi connectivity index (χ3v) is 5.95. The van der Waals surface area contributed by atoms with E-state index in [1.54, 1.807) is 30.3 Å². The van der Waals surface area contributed by atoms with E-state index in [0.717, 1.165) is 40.3 Å². The molecule has 1 N–H and O–H groups in total. The number of benzene rings is 2. The lowest BCUT2D eigenvalue weighted by Gasteiger charge is -2.19. The van der Waals surface area contributed by atoms with Gasteiger partial charge in [0.1, 0.15) is 22.9 Å². The molecule has 0 radical (unpaired) electrons. The number of rotatable bonds is 5. The Labute approximate surface area is 190 Å². The van der Waals surface area contributed by atoms with E-state index in [0.29, 0.717) is 13.1 Å². The average molecular weight is 445 g/mol. The second-order valence-electron chi connectivity index (χ2n) is 8.06. The molecule has 0 saturated carbocycles. The minimum absolute atomic E-state index is 0.0434. The molecule has 5 rings (SSSR count). The quantitative estimate of drug-likeness (QED) is 0.494. The third kappa shape index (κ3) is 4.24. The van der Waals surface area contributed by atoms with E-state index >= 15 is 0 Å². The van der Waals surface area contributed by atoms with Crippen LogP contribution in [0.25, 0.3) is 22.6 Å². The number of carbonyl (C=O) groups excluding carboxylic acids is 1. The van der Waals surface area contributed by atoms with Gasteiger partial charge in [-0.15, -0.1) is 0 Å². The molecule has 33 heavy (non-hydrogen) atoms. The normalized spacial score (nSPS) is 15.7. The first-order valence-electron chi connectivity index (χ1n) is 10.9. The van der Waals surface area contributed by atoms with Crippen LogP contribution in [0.15, 0.2) is 66.9 Å². The largest absolute Gasteiger partial charge is 0.497 e. The molecule has 1 aliphatic rings. The van der Waals surface area contributed by atoms with Gasteiger partial charge in [0.25, 0.3) is 0 Å². The van der Waals surface area contributed by atoms with Crippen molar-refractivity contribution in [2.45, 2.75) is 19.0 Å². The summed E-state index contributed by atoms with van der Waals surface area (Å²) in [7, 11) is 1.64. The van der Waals surface area contributed by atoms with Gasteiger partial charge >= 0.3 is 6.03 Å². The highest BCUT2D eigenvalue weighted by Gasteiger charge is 2.30. The van der Waals surface area contributed by atoms with Crippen LogP contribution in [0.4, 0.5) is 9.18 Å². The highest BCUT2D eigenvalue weighted by molar-refractivity contribution is 5.78. The molecule has 2 aromatic carbocycles. The molecule has 1 atom stereocenters. The van der Waals surface area contributed by atoms with Crippen LogP contribution < -0.4 is 10.1 Å². The summed E-state index contributed by atoms with van der Waals surface area (Å²) in [6, 6.07) is 17.7. The number of pyridine rings is 1. The van der Waals surface area contributed by atoms with Gasteiger partial charge in [0.15, 0.2) is 5.65 Å². The van der Waals surface area contributed by atoms with E-state index < -0.39 is 0 Å². The van der Waals surface area contributed by atoms with Gasteiger partial charge in [0.05, 0.1) is 13.2 Å². The Hall–Kier alpha value is -3.94. The number of methoxy groups -OCH3 is 1. The van der Waals surface area contributed by atoms with Crippen LogP contribution in [0.1, 0.15) is 18.0 Å². The third-order valence-electron chi connectivity index (χ3n) is 5.95. The fourth-order valence-corrected chi connectivity index (χ4v) is 4.29. The molecular weight excluding hydrogens is 421 g/mol. The summed E-state index contributed by atoms with van der Waals surface area (Å²) in [6.07, 6.45) is 2.55. The molecule has 168 valence electrons. The molecule has 7 nitrogen and oxygen atoms in total. The Morgan fingerprint density at radius 2 is 2.03 bits per heavy atom. The number of carbonyl (C=O) groups is 1. The Kier molecular flexibility index (Phi) is 5.64. The average Bonchev–Trinajstić information content (AvgIpc) is 3.47. The monoisotopic (exact) mass is 445 g/mol. The number of likely N-dealkylation sites (tertiary alicyclic amines) is 1. The summed E-state index contributed by atoms with van der Waals surface area (Å²) in [5, 5.41) is 2.90. The zero-order valence-corrected chi connectivity index (χ0v) is 18.2. The van der Waals surface area contributed by atoms with Crippen molar-refractivity contribution < 1.29 is 13.9 Å². The van der Waals surface area contributed by atoms with Gasteiger partial charge in [-0.3, -0.25) is 0 Å². The molecule has 1 aliphatic heterocycles. The lowest BCUT2D eigenvalue weighted by molar-refractivity contribution is 0.206. The van der Waals surface area contributed by atoms with E-state index in [1.807, 2.05) is 36.4 Å². The maximum absolute atomic E-state index is 13.4. The first-order valence-corrected chi connectivity index (χ1v) is 10.9. The van der Waals surface area contributed by atoms with Crippen molar-refractivity contribution in [3.8, 4) is 17.1 Å². The summed E-state index contributed by atoms with van der Waals surface area (Å²) in [5.41, 5.74) is 3.31. The van der Waals surface area contributed by atoms with Gasteiger partial charge in [-0.25, -0.2) is 19.2 Å². The molecule has 8 heteroatoms. The number of halogens is 1. The molecule has 0 bridgehead atoms. The zero-order chi connectivity index (χ0) is 22.8. The van der Waals surface area contributed by atoms with Crippen LogP contribution in [0, 0.1) is 5.82 Å². The lowest BCUT2D eigenvalue weighted by atomic mass is 10.2. The predicted molar refractivity (Wildman–Crippen MR) is 123 cm³/mol. The van der Waals surface area contributed by atoms with E-state index in [2.05, 4.69) is 14.9 Å². The molecule has 3 heterocycles. The van der Waals surface area contributed by atoms with E-state index in [1.165, 1.54) is 12.1 Å². The van der Waals surface area contributed by atoms with Crippen LogP contribution in [0.2, 0.25) is 0 Å². The molecule has 0 unspecified atom stereocenters. The van der Waals surface area contributed by atoms with E-state index in [-0.39, 0.29) is 24.4 Å². The summed E-state index contributed by atoms with van der Waals surface area (Å²) in [5.74, 6) is 1.29. The summed E-state index contributed by atoms with van der Waals surface area (Å²) in [6.45, 7) is 1.44. The Bertz CT molecular complexity index is 1290. The van der Waals surface area contributed by atoms with Gasteiger partial charge < -0.3 is 19.5 Å². The van der Waals surface area contributed by atoms with E-state index in [9.17, 15) is 9.18 Å². The van der Waals surface area contributed by atoms with Crippen LogP contribution in [-0.4, -0.2) is 45.7 Å². The predicted octanol–water partition coefficient (Wildman–Crippen LogP) is 4.40. The summed E-state index contributed by atoms with van der Waals surface area (Å²) >= 11 is 0. The summed E-state index contributed by atoms with van der Waals surface area (Å²) in [4.78, 5) is 24.0. The molecule has 1 saturated heterocycles. The smallest absolute Gasteiger partial charge is 0.317 e. The Balaban J connectivity index is 1.37. The van der Waals surface area contributed by atoms with Crippen molar-refractivity contribution in [1.29, 1.82) is 0 Å². The molecular formula is C25H24FN5O2. The van der Waals surface area contributed by atoms with E-state index in [4.69, 9.17) is 9.72 Å². The second kappa shape index (κ2) is 8.90. The maximum Gasteiger partial charge on any atom is 0.317 e. The number of aromatic nitrogens is 3. The topological polar surface area (TPSA) is 72.3 Å². The van der Waals surface area contributed by atoms with Gasteiger partial charge in [-0.05, 0) is 60.5 Å². The maximum atomic E-state index is 13.4. The number of amides is 2. The molecule has 4 aromatic rings.